The van der Waals surface area contributed by atoms with E-state index in [0.717, 1.165) is 106 Å². The Kier molecular flexibility index (Phi) is 9.85. The summed E-state index contributed by atoms with van der Waals surface area (Å²) in [6, 6.07) is 67.9. The minimum Gasteiger partial charge on any atom is -0.456 e. The minimum atomic E-state index is 0.0439. The quantitative estimate of drug-likeness (QED) is 0.152. The van der Waals surface area contributed by atoms with E-state index in [1.807, 2.05) is 0 Å². The third-order valence-electron chi connectivity index (χ3n) is 15.6. The van der Waals surface area contributed by atoms with Crippen molar-refractivity contribution < 1.29 is 13.3 Å². The smallest absolute Gasteiger partial charge is 0.137 e. The Morgan fingerprint density at radius 1 is 0.351 bits per heavy atom. The summed E-state index contributed by atoms with van der Waals surface area (Å²) >= 11 is 0. The van der Waals surface area contributed by atoms with Crippen LogP contribution in [0, 0.1) is 11.8 Å². The molecule has 0 radical (unpaired) electrons. The number of anilines is 6. The molecule has 3 heterocycles. The fourth-order valence-electron chi connectivity index (χ4n) is 11.3. The molecule has 0 aliphatic heterocycles. The molecule has 14 rings (SSSR count). The lowest BCUT2D eigenvalue weighted by atomic mass is 9.87. The summed E-state index contributed by atoms with van der Waals surface area (Å²) < 4.78 is 20.3. The number of nitrogens with zero attached hydrogens (tertiary/aromatic N) is 2. The van der Waals surface area contributed by atoms with Gasteiger partial charge in [-0.15, -0.1) is 0 Å². The Morgan fingerprint density at radius 2 is 0.716 bits per heavy atom. The summed E-state index contributed by atoms with van der Waals surface area (Å²) in [5.41, 5.74) is 18.8. The lowest BCUT2D eigenvalue weighted by Crippen LogP contribution is -2.13. The Labute approximate surface area is 431 Å². The van der Waals surface area contributed by atoms with Crippen LogP contribution in [0.3, 0.4) is 0 Å². The number of furan rings is 3. The van der Waals surface area contributed by atoms with Gasteiger partial charge in [0, 0.05) is 78.6 Å². The second-order valence-electron chi connectivity index (χ2n) is 22.6. The average molecular weight is 961 g/mol. The lowest BCUT2D eigenvalue weighted by molar-refractivity contribution is 0.590. The molecular weight excluding hydrogens is 905 g/mol. The van der Waals surface area contributed by atoms with Crippen LogP contribution >= 0.6 is 0 Å². The number of rotatable bonds is 8. The third kappa shape index (κ3) is 7.60. The number of benzene rings is 9. The second kappa shape index (κ2) is 16.5. The van der Waals surface area contributed by atoms with Crippen LogP contribution in [0.5, 0.6) is 0 Å². The highest BCUT2D eigenvalue weighted by Crippen LogP contribution is 2.48. The van der Waals surface area contributed by atoms with Crippen molar-refractivity contribution in [1.82, 2.24) is 0 Å². The zero-order valence-electron chi connectivity index (χ0n) is 42.6. The fourth-order valence-corrected chi connectivity index (χ4v) is 11.3. The topological polar surface area (TPSA) is 45.9 Å². The standard InChI is InChI=1S/C69H56N2O3/c1-68(2,3)48-18-26-52(27-19-48)70(50-22-14-43(15-23-50)42-10-8-7-9-11-42)54-30-32-56-58-38-66-60(40-64(58)72-62(56)36-54)61-41-65-59(39-67(61)74-66)57-33-31-55(37-63(57)73-65)71(53-28-20-49(21-29-53)69(4,5)6)51-24-16-44(17-25-51)45-12-13-46-35-47(46)34-45/h7-34,36-41,46-47H,35H2,1-6H3. The van der Waals surface area contributed by atoms with Gasteiger partial charge in [0.1, 0.15) is 33.5 Å². The first-order chi connectivity index (χ1) is 35.9. The predicted molar refractivity (Wildman–Crippen MR) is 309 cm³/mol. The molecular formula is C69H56N2O3. The van der Waals surface area contributed by atoms with E-state index < -0.39 is 0 Å². The van der Waals surface area contributed by atoms with Gasteiger partial charge in [-0.1, -0.05) is 139 Å². The van der Waals surface area contributed by atoms with E-state index in [1.54, 1.807) is 0 Å². The molecule has 1 saturated carbocycles. The maximum Gasteiger partial charge on any atom is 0.137 e. The minimum absolute atomic E-state index is 0.0439. The Bertz CT molecular complexity index is 4210. The summed E-state index contributed by atoms with van der Waals surface area (Å²) in [5.74, 6) is 1.44. The van der Waals surface area contributed by atoms with Crippen LogP contribution in [0.2, 0.25) is 0 Å². The Morgan fingerprint density at radius 3 is 1.14 bits per heavy atom. The molecule has 5 nitrogen and oxygen atoms in total. The van der Waals surface area contributed by atoms with E-state index >= 15 is 0 Å². The van der Waals surface area contributed by atoms with Gasteiger partial charge in [-0.25, -0.2) is 0 Å². The van der Waals surface area contributed by atoms with E-state index in [2.05, 4.69) is 258 Å². The molecule has 2 aliphatic carbocycles. The van der Waals surface area contributed by atoms with Crippen LogP contribution in [0.15, 0.2) is 220 Å². The second-order valence-corrected chi connectivity index (χ2v) is 22.6. The molecule has 0 spiro atoms. The van der Waals surface area contributed by atoms with Crippen molar-refractivity contribution in [2.75, 3.05) is 9.80 Å². The monoisotopic (exact) mass is 960 g/mol. The van der Waals surface area contributed by atoms with Gasteiger partial charge in [0.25, 0.3) is 0 Å². The molecule has 74 heavy (non-hydrogen) atoms. The van der Waals surface area contributed by atoms with Crippen molar-refractivity contribution in [3.05, 3.63) is 223 Å². The first-order valence-corrected chi connectivity index (χ1v) is 26.0. The zero-order valence-corrected chi connectivity index (χ0v) is 42.6. The van der Waals surface area contributed by atoms with Gasteiger partial charge in [-0.3, -0.25) is 0 Å². The van der Waals surface area contributed by atoms with Crippen molar-refractivity contribution >= 4 is 106 Å². The van der Waals surface area contributed by atoms with Crippen molar-refractivity contribution in [3.63, 3.8) is 0 Å². The summed E-state index contributed by atoms with van der Waals surface area (Å²) in [5, 5.41) is 6.08. The molecule has 2 unspecified atom stereocenters. The van der Waals surface area contributed by atoms with Crippen LogP contribution in [-0.4, -0.2) is 0 Å². The lowest BCUT2D eigenvalue weighted by Gasteiger charge is -2.27. The van der Waals surface area contributed by atoms with E-state index in [-0.39, 0.29) is 10.8 Å². The molecule has 2 atom stereocenters. The number of hydrogen-bond acceptors (Lipinski definition) is 5. The average Bonchev–Trinajstić information content (AvgIpc) is 3.83. The summed E-state index contributed by atoms with van der Waals surface area (Å²) in [6.07, 6.45) is 8.40. The van der Waals surface area contributed by atoms with Crippen molar-refractivity contribution in [2.45, 2.75) is 58.8 Å². The first-order valence-electron chi connectivity index (χ1n) is 26.0. The maximum absolute atomic E-state index is 6.80. The molecule has 9 aromatic carbocycles. The normalized spacial score (nSPS) is 15.7. The maximum atomic E-state index is 6.80. The Balaban J connectivity index is 0.826. The van der Waals surface area contributed by atoms with Crippen LogP contribution in [0.4, 0.5) is 34.1 Å². The highest BCUT2D eigenvalue weighted by molar-refractivity contribution is 6.19. The van der Waals surface area contributed by atoms with Gasteiger partial charge in [-0.05, 0) is 160 Å². The van der Waals surface area contributed by atoms with E-state index in [9.17, 15) is 0 Å². The largest absolute Gasteiger partial charge is 0.456 e. The van der Waals surface area contributed by atoms with Gasteiger partial charge >= 0.3 is 0 Å². The molecule has 0 bridgehead atoms. The van der Waals surface area contributed by atoms with Crippen molar-refractivity contribution in [1.29, 1.82) is 0 Å². The summed E-state index contributed by atoms with van der Waals surface area (Å²) in [7, 11) is 0. The molecule has 5 heteroatoms. The molecule has 360 valence electrons. The molecule has 2 aliphatic rings. The first kappa shape index (κ1) is 44.2. The summed E-state index contributed by atoms with van der Waals surface area (Å²) in [6.45, 7) is 13.5. The van der Waals surface area contributed by atoms with Crippen LogP contribution in [-0.2, 0) is 10.8 Å². The zero-order chi connectivity index (χ0) is 50.0. The van der Waals surface area contributed by atoms with E-state index in [1.165, 1.54) is 39.8 Å². The molecule has 0 N–H and O–H groups in total. The van der Waals surface area contributed by atoms with Gasteiger partial charge in [0.15, 0.2) is 0 Å². The van der Waals surface area contributed by atoms with Crippen LogP contribution in [0.1, 0.15) is 64.7 Å². The molecule has 12 aromatic rings. The number of fused-ring (bicyclic) bond motifs is 10. The number of hydrogen-bond donors (Lipinski definition) is 0. The molecule has 0 saturated heterocycles. The van der Waals surface area contributed by atoms with Crippen molar-refractivity contribution in [3.8, 4) is 11.1 Å². The predicted octanol–water partition coefficient (Wildman–Crippen LogP) is 20.2. The highest BCUT2D eigenvalue weighted by Gasteiger charge is 2.35. The SMILES string of the molecule is CC(C)(C)c1ccc(N(c2ccc(C3=CC4CC4C=C3)cc2)c2ccc3c(c2)oc2cc4c(cc23)oc2cc3c(cc24)oc2cc(N(c4ccc(-c5ccccc5)cc4)c4ccc(C(C)(C)C)cc4)ccc23)cc1. The Hall–Kier alpha value is -8.54. The molecule has 3 aromatic heterocycles. The van der Waals surface area contributed by atoms with Gasteiger partial charge < -0.3 is 23.1 Å². The van der Waals surface area contributed by atoms with E-state index in [4.69, 9.17) is 13.3 Å². The van der Waals surface area contributed by atoms with Crippen LogP contribution in [0.25, 0.3) is 82.5 Å². The van der Waals surface area contributed by atoms with Crippen molar-refractivity contribution in [2.24, 2.45) is 11.8 Å². The molecule has 0 amide bonds. The van der Waals surface area contributed by atoms with Gasteiger partial charge in [0.05, 0.1) is 0 Å². The summed E-state index contributed by atoms with van der Waals surface area (Å²) in [4.78, 5) is 4.64. The third-order valence-corrected chi connectivity index (χ3v) is 15.6. The van der Waals surface area contributed by atoms with Gasteiger partial charge in [0.2, 0.25) is 0 Å². The van der Waals surface area contributed by atoms with Crippen LogP contribution < -0.4 is 9.80 Å². The van der Waals surface area contributed by atoms with E-state index in [0.29, 0.717) is 5.92 Å². The number of allylic oxidation sites excluding steroid dienone is 4. The molecule has 1 fully saturated rings. The highest BCUT2D eigenvalue weighted by atomic mass is 16.3. The fraction of sp³-hybridized carbons (Fsp3) is 0.159. The van der Waals surface area contributed by atoms with Gasteiger partial charge in [-0.2, -0.15) is 0 Å².